The molecule has 6 nitrogen and oxygen atoms in total. The zero-order valence-electron chi connectivity index (χ0n) is 17.1. The van der Waals surface area contributed by atoms with Gasteiger partial charge in [-0.15, -0.1) is 5.10 Å². The lowest BCUT2D eigenvalue weighted by Crippen LogP contribution is -2.39. The summed E-state index contributed by atoms with van der Waals surface area (Å²) in [6.07, 6.45) is 4.12. The molecule has 2 aliphatic rings. The lowest BCUT2D eigenvalue weighted by atomic mass is 9.96. The van der Waals surface area contributed by atoms with E-state index < -0.39 is 0 Å². The maximum absolute atomic E-state index is 5.80. The molecular weight excluding hydrogens is 352 g/mol. The van der Waals surface area contributed by atoms with E-state index >= 15 is 0 Å². The zero-order chi connectivity index (χ0) is 19.7. The van der Waals surface area contributed by atoms with E-state index in [1.165, 1.54) is 18.4 Å². The molecule has 1 aliphatic heterocycles. The molecular formula is C22H28N4O2. The van der Waals surface area contributed by atoms with Gasteiger partial charge in [-0.2, -0.15) is 0 Å². The van der Waals surface area contributed by atoms with Gasteiger partial charge < -0.3 is 14.4 Å². The number of anilines is 2. The van der Waals surface area contributed by atoms with Crippen molar-refractivity contribution in [2.75, 3.05) is 25.2 Å². The first-order valence-electron chi connectivity index (χ1n) is 9.89. The van der Waals surface area contributed by atoms with Crippen molar-refractivity contribution < 1.29 is 9.47 Å². The summed E-state index contributed by atoms with van der Waals surface area (Å²) in [5.74, 6) is 8.00. The topological polar surface area (TPSA) is 52.4 Å². The van der Waals surface area contributed by atoms with Crippen LogP contribution in [0.5, 0.6) is 0 Å². The second-order valence-electron chi connectivity index (χ2n) is 8.62. The standard InChI is InChI=1S/C22H28N4O2/c1-16-5-6-18(10-9-17-7-8-17)11-19(16)25(4)20-12-26(24-23-20)13-21-27-14-22(2,3)15-28-21/h5-6,11-12,17,21H,7-8,13-15H2,1-4H3. The van der Waals surface area contributed by atoms with Crippen LogP contribution in [0.1, 0.15) is 37.8 Å². The van der Waals surface area contributed by atoms with Crippen molar-refractivity contribution in [2.24, 2.45) is 11.3 Å². The Hall–Kier alpha value is -2.36. The molecule has 1 aromatic heterocycles. The Morgan fingerprint density at radius 2 is 2.00 bits per heavy atom. The third kappa shape index (κ3) is 4.54. The van der Waals surface area contributed by atoms with Crippen molar-refractivity contribution in [3.8, 4) is 11.8 Å². The van der Waals surface area contributed by atoms with Crippen LogP contribution >= 0.6 is 0 Å². The van der Waals surface area contributed by atoms with Crippen molar-refractivity contribution >= 4 is 11.5 Å². The summed E-state index contributed by atoms with van der Waals surface area (Å²) in [6.45, 7) is 8.27. The Morgan fingerprint density at radius 3 is 2.71 bits per heavy atom. The molecule has 0 unspecified atom stereocenters. The minimum Gasteiger partial charge on any atom is -0.350 e. The average Bonchev–Trinajstić information content (AvgIpc) is 3.39. The van der Waals surface area contributed by atoms with Gasteiger partial charge in [0, 0.05) is 29.6 Å². The van der Waals surface area contributed by atoms with Gasteiger partial charge in [0.1, 0.15) is 0 Å². The van der Waals surface area contributed by atoms with Crippen LogP contribution in [0.2, 0.25) is 0 Å². The van der Waals surface area contributed by atoms with Gasteiger partial charge in [-0.3, -0.25) is 0 Å². The fraction of sp³-hybridized carbons (Fsp3) is 0.545. The maximum atomic E-state index is 5.80. The number of hydrogen-bond donors (Lipinski definition) is 0. The first kappa shape index (κ1) is 19.0. The molecule has 28 heavy (non-hydrogen) atoms. The summed E-state index contributed by atoms with van der Waals surface area (Å²) in [4.78, 5) is 2.05. The molecule has 2 aromatic rings. The van der Waals surface area contributed by atoms with E-state index in [-0.39, 0.29) is 11.7 Å². The van der Waals surface area contributed by atoms with E-state index in [0.717, 1.165) is 17.1 Å². The summed E-state index contributed by atoms with van der Waals surface area (Å²) in [7, 11) is 2.00. The Labute approximate surface area is 166 Å². The summed E-state index contributed by atoms with van der Waals surface area (Å²) < 4.78 is 13.4. The second kappa shape index (κ2) is 7.57. The van der Waals surface area contributed by atoms with Crippen LogP contribution < -0.4 is 4.90 Å². The molecule has 1 saturated heterocycles. The van der Waals surface area contributed by atoms with Gasteiger partial charge in [-0.05, 0) is 37.5 Å². The lowest BCUT2D eigenvalue weighted by Gasteiger charge is -2.34. The van der Waals surface area contributed by atoms with Crippen LogP contribution in [0.25, 0.3) is 0 Å². The number of nitrogens with zero attached hydrogens (tertiary/aromatic N) is 4. The van der Waals surface area contributed by atoms with Crippen LogP contribution in [0.3, 0.4) is 0 Å². The predicted molar refractivity (Wildman–Crippen MR) is 108 cm³/mol. The normalized spacial score (nSPS) is 19.1. The summed E-state index contributed by atoms with van der Waals surface area (Å²) in [6, 6.07) is 6.32. The summed E-state index contributed by atoms with van der Waals surface area (Å²) in [5, 5.41) is 8.58. The molecule has 148 valence electrons. The highest BCUT2D eigenvalue weighted by molar-refractivity contribution is 5.64. The van der Waals surface area contributed by atoms with E-state index in [1.807, 2.05) is 18.1 Å². The molecule has 4 rings (SSSR count). The number of benzene rings is 1. The Morgan fingerprint density at radius 1 is 1.25 bits per heavy atom. The second-order valence-corrected chi connectivity index (χ2v) is 8.62. The van der Waals surface area contributed by atoms with Crippen LogP contribution in [-0.2, 0) is 16.0 Å². The molecule has 2 fully saturated rings. The fourth-order valence-electron chi connectivity index (χ4n) is 3.10. The number of aromatic nitrogens is 3. The predicted octanol–water partition coefficient (Wildman–Crippen LogP) is 3.52. The molecule has 1 aliphatic carbocycles. The Bertz CT molecular complexity index is 895. The van der Waals surface area contributed by atoms with Gasteiger partial charge in [0.15, 0.2) is 12.1 Å². The van der Waals surface area contributed by atoms with Gasteiger partial charge in [0.25, 0.3) is 0 Å². The quantitative estimate of drug-likeness (QED) is 0.760. The van der Waals surface area contributed by atoms with Crippen molar-refractivity contribution in [3.63, 3.8) is 0 Å². The smallest absolute Gasteiger partial charge is 0.177 e. The van der Waals surface area contributed by atoms with Crippen LogP contribution in [0, 0.1) is 30.1 Å². The molecule has 0 radical (unpaired) electrons. The van der Waals surface area contributed by atoms with Gasteiger partial charge in [-0.1, -0.05) is 37.0 Å². The Balaban J connectivity index is 1.45. The number of ether oxygens (including phenoxy) is 2. The van der Waals surface area contributed by atoms with E-state index in [0.29, 0.717) is 25.7 Å². The van der Waals surface area contributed by atoms with Crippen molar-refractivity contribution in [1.29, 1.82) is 0 Å². The maximum Gasteiger partial charge on any atom is 0.177 e. The van der Waals surface area contributed by atoms with Crippen molar-refractivity contribution in [1.82, 2.24) is 15.0 Å². The molecule has 0 spiro atoms. The molecule has 0 bridgehead atoms. The number of aryl methyl sites for hydroxylation is 1. The SMILES string of the molecule is Cc1ccc(C#CC2CC2)cc1N(C)c1cn(CC2OCC(C)(C)CO2)nn1. The van der Waals surface area contributed by atoms with Crippen molar-refractivity contribution in [2.45, 2.75) is 46.4 Å². The highest BCUT2D eigenvalue weighted by Gasteiger charge is 2.28. The summed E-state index contributed by atoms with van der Waals surface area (Å²) >= 11 is 0. The Kier molecular flexibility index (Phi) is 5.13. The monoisotopic (exact) mass is 380 g/mol. The molecule has 0 atom stereocenters. The largest absolute Gasteiger partial charge is 0.350 e. The van der Waals surface area contributed by atoms with Gasteiger partial charge in [0.05, 0.1) is 26.0 Å². The number of rotatable bonds is 4. The molecule has 2 heterocycles. The third-order valence-electron chi connectivity index (χ3n) is 5.09. The van der Waals surface area contributed by atoms with E-state index in [4.69, 9.17) is 9.47 Å². The van der Waals surface area contributed by atoms with Gasteiger partial charge >= 0.3 is 0 Å². The van der Waals surface area contributed by atoms with Crippen LogP contribution in [0.15, 0.2) is 24.4 Å². The van der Waals surface area contributed by atoms with E-state index in [2.05, 4.69) is 61.1 Å². The van der Waals surface area contributed by atoms with Crippen molar-refractivity contribution in [3.05, 3.63) is 35.5 Å². The van der Waals surface area contributed by atoms with E-state index in [1.54, 1.807) is 4.68 Å². The van der Waals surface area contributed by atoms with Crippen LogP contribution in [-0.4, -0.2) is 41.5 Å². The highest BCUT2D eigenvalue weighted by Crippen LogP contribution is 2.29. The third-order valence-corrected chi connectivity index (χ3v) is 5.09. The van der Waals surface area contributed by atoms with E-state index in [9.17, 15) is 0 Å². The van der Waals surface area contributed by atoms with Crippen LogP contribution in [0.4, 0.5) is 11.5 Å². The summed E-state index contributed by atoms with van der Waals surface area (Å²) in [5.41, 5.74) is 3.37. The number of hydrogen-bond acceptors (Lipinski definition) is 5. The molecule has 1 saturated carbocycles. The van der Waals surface area contributed by atoms with Gasteiger partial charge in [0.2, 0.25) is 0 Å². The minimum atomic E-state index is -0.282. The first-order chi connectivity index (χ1) is 13.4. The molecule has 6 heteroatoms. The lowest BCUT2D eigenvalue weighted by molar-refractivity contribution is -0.227. The molecule has 1 aromatic carbocycles. The van der Waals surface area contributed by atoms with Gasteiger partial charge in [-0.25, -0.2) is 4.68 Å². The molecule has 0 N–H and O–H groups in total. The zero-order valence-corrected chi connectivity index (χ0v) is 17.1. The molecule has 0 amide bonds. The average molecular weight is 380 g/mol. The minimum absolute atomic E-state index is 0.0647. The fourth-order valence-corrected chi connectivity index (χ4v) is 3.10. The first-order valence-corrected chi connectivity index (χ1v) is 9.89. The highest BCUT2D eigenvalue weighted by atomic mass is 16.7.